The van der Waals surface area contributed by atoms with Crippen molar-refractivity contribution in [2.45, 2.75) is 25.3 Å². The molecular formula is C19H18F3N5O3S. The van der Waals surface area contributed by atoms with Gasteiger partial charge in [-0.3, -0.25) is 9.59 Å². The first-order chi connectivity index (χ1) is 14.6. The molecule has 8 nitrogen and oxygen atoms in total. The number of nitrogens with one attached hydrogen (secondary N) is 2. The van der Waals surface area contributed by atoms with Gasteiger partial charge in [-0.05, 0) is 38.1 Å². The van der Waals surface area contributed by atoms with Gasteiger partial charge in [0.05, 0.1) is 27.9 Å². The van der Waals surface area contributed by atoms with Crippen LogP contribution in [-0.4, -0.2) is 37.8 Å². The van der Waals surface area contributed by atoms with Crippen LogP contribution in [-0.2, 0) is 15.8 Å². The van der Waals surface area contributed by atoms with Crippen molar-refractivity contribution in [1.29, 1.82) is 0 Å². The Balaban J connectivity index is 1.62. The van der Waals surface area contributed by atoms with Gasteiger partial charge in [0.2, 0.25) is 11.8 Å². The molecule has 164 valence electrons. The number of alkyl halides is 3. The molecule has 1 unspecified atom stereocenters. The number of anilines is 2. The summed E-state index contributed by atoms with van der Waals surface area (Å²) >= 11 is 0.975. The molecule has 3 rings (SSSR count). The van der Waals surface area contributed by atoms with Gasteiger partial charge in [0.25, 0.3) is 0 Å². The molecular weight excluding hydrogens is 435 g/mol. The van der Waals surface area contributed by atoms with Gasteiger partial charge in [0.1, 0.15) is 5.76 Å². The highest BCUT2D eigenvalue weighted by Gasteiger charge is 2.34. The Morgan fingerprint density at radius 3 is 2.65 bits per heavy atom. The number of carbonyl (C=O) groups excluding carboxylic acids is 2. The maximum atomic E-state index is 13.5. The Kier molecular flexibility index (Phi) is 6.68. The predicted octanol–water partition coefficient (Wildman–Crippen LogP) is 3.89. The van der Waals surface area contributed by atoms with Crippen LogP contribution >= 0.6 is 11.8 Å². The van der Waals surface area contributed by atoms with E-state index >= 15 is 0 Å². The molecule has 0 saturated carbocycles. The fraction of sp³-hybridized carbons (Fsp3) is 0.263. The van der Waals surface area contributed by atoms with Crippen LogP contribution in [0.5, 0.6) is 0 Å². The molecule has 12 heteroatoms. The van der Waals surface area contributed by atoms with Gasteiger partial charge in [-0.15, -0.1) is 11.8 Å². The number of carbonyl (C=O) groups is 2. The van der Waals surface area contributed by atoms with E-state index in [1.807, 2.05) is 0 Å². The van der Waals surface area contributed by atoms with Gasteiger partial charge in [0.15, 0.2) is 5.82 Å². The van der Waals surface area contributed by atoms with Gasteiger partial charge >= 0.3 is 6.18 Å². The smallest absolute Gasteiger partial charge is 0.360 e. The molecule has 0 radical (unpaired) electrons. The number of halogens is 3. The number of thioether (sulfide) groups is 1. The topological polar surface area (TPSA) is 102 Å². The van der Waals surface area contributed by atoms with Crippen LogP contribution in [0.4, 0.5) is 24.7 Å². The largest absolute Gasteiger partial charge is 0.418 e. The van der Waals surface area contributed by atoms with Crippen LogP contribution in [0, 0.1) is 6.92 Å². The maximum absolute atomic E-state index is 13.5. The molecule has 0 aliphatic carbocycles. The van der Waals surface area contributed by atoms with E-state index in [-0.39, 0.29) is 22.9 Å². The molecule has 2 N–H and O–H groups in total. The lowest BCUT2D eigenvalue weighted by molar-refractivity contribution is -0.137. The van der Waals surface area contributed by atoms with Crippen molar-refractivity contribution in [1.82, 2.24) is 14.9 Å². The zero-order valence-corrected chi connectivity index (χ0v) is 17.3. The fourth-order valence-electron chi connectivity index (χ4n) is 2.56. The van der Waals surface area contributed by atoms with Crippen molar-refractivity contribution >= 4 is 35.1 Å². The SMILES string of the molecule is Cc1cc(NC(=O)C(C)SCC(=O)Nc2ccc(-n3cccn3)cc2C(F)(F)F)no1. The number of aryl methyl sites for hydroxylation is 1. The summed E-state index contributed by atoms with van der Waals surface area (Å²) in [7, 11) is 0. The molecule has 0 spiro atoms. The summed E-state index contributed by atoms with van der Waals surface area (Å²) in [6, 6.07) is 6.62. The summed E-state index contributed by atoms with van der Waals surface area (Å²) in [5, 5.41) is 11.7. The van der Waals surface area contributed by atoms with E-state index in [2.05, 4.69) is 20.9 Å². The Morgan fingerprint density at radius 1 is 1.26 bits per heavy atom. The number of aromatic nitrogens is 3. The Bertz CT molecular complexity index is 1070. The molecule has 3 aromatic rings. The average Bonchev–Trinajstić information content (AvgIpc) is 3.37. The highest BCUT2D eigenvalue weighted by Crippen LogP contribution is 2.36. The van der Waals surface area contributed by atoms with Crippen molar-refractivity contribution < 1.29 is 27.3 Å². The number of nitrogens with zero attached hydrogens (tertiary/aromatic N) is 3. The van der Waals surface area contributed by atoms with E-state index < -0.39 is 28.8 Å². The summed E-state index contributed by atoms with van der Waals surface area (Å²) in [5.41, 5.74) is -1.16. The van der Waals surface area contributed by atoms with E-state index in [4.69, 9.17) is 4.52 Å². The highest BCUT2D eigenvalue weighted by molar-refractivity contribution is 8.01. The van der Waals surface area contributed by atoms with Gasteiger partial charge in [-0.1, -0.05) is 5.16 Å². The summed E-state index contributed by atoms with van der Waals surface area (Å²) in [4.78, 5) is 24.3. The van der Waals surface area contributed by atoms with Crippen LogP contribution in [0.15, 0.2) is 47.2 Å². The van der Waals surface area contributed by atoms with Crippen molar-refractivity contribution in [3.8, 4) is 5.69 Å². The van der Waals surface area contributed by atoms with E-state index in [0.717, 1.165) is 17.8 Å². The second-order valence-electron chi connectivity index (χ2n) is 6.49. The number of hydrogen-bond donors (Lipinski definition) is 2. The third kappa shape index (κ3) is 5.87. The van der Waals surface area contributed by atoms with Crippen molar-refractivity contribution in [3.63, 3.8) is 0 Å². The van der Waals surface area contributed by atoms with Crippen molar-refractivity contribution in [2.24, 2.45) is 0 Å². The summed E-state index contributed by atoms with van der Waals surface area (Å²) in [6.07, 6.45) is -1.72. The zero-order valence-electron chi connectivity index (χ0n) is 16.4. The van der Waals surface area contributed by atoms with Gasteiger partial charge in [-0.25, -0.2) is 4.68 Å². The first kappa shape index (κ1) is 22.4. The monoisotopic (exact) mass is 453 g/mol. The molecule has 0 bridgehead atoms. The van der Waals surface area contributed by atoms with Gasteiger partial charge < -0.3 is 15.2 Å². The second-order valence-corrected chi connectivity index (χ2v) is 7.82. The molecule has 2 aromatic heterocycles. The first-order valence-electron chi connectivity index (χ1n) is 9.00. The highest BCUT2D eigenvalue weighted by atomic mass is 32.2. The second kappa shape index (κ2) is 9.25. The van der Waals surface area contributed by atoms with Crippen LogP contribution in [0.25, 0.3) is 5.69 Å². The first-order valence-corrected chi connectivity index (χ1v) is 10.1. The van der Waals surface area contributed by atoms with Crippen LogP contribution < -0.4 is 10.6 Å². The van der Waals surface area contributed by atoms with E-state index in [0.29, 0.717) is 5.76 Å². The molecule has 2 amide bonds. The van der Waals surface area contributed by atoms with Crippen LogP contribution in [0.1, 0.15) is 18.2 Å². The van der Waals surface area contributed by atoms with E-state index in [1.165, 1.54) is 35.3 Å². The number of rotatable bonds is 7. The Morgan fingerprint density at radius 2 is 2.03 bits per heavy atom. The molecule has 0 fully saturated rings. The third-order valence-electron chi connectivity index (χ3n) is 4.06. The quantitative estimate of drug-likeness (QED) is 0.563. The predicted molar refractivity (Wildman–Crippen MR) is 109 cm³/mol. The minimum absolute atomic E-state index is 0.207. The fourth-order valence-corrected chi connectivity index (χ4v) is 3.24. The van der Waals surface area contributed by atoms with E-state index in [9.17, 15) is 22.8 Å². The average molecular weight is 453 g/mol. The molecule has 1 atom stereocenters. The van der Waals surface area contributed by atoms with Crippen molar-refractivity contribution in [2.75, 3.05) is 16.4 Å². The molecule has 0 aliphatic heterocycles. The van der Waals surface area contributed by atoms with Crippen LogP contribution in [0.3, 0.4) is 0 Å². The van der Waals surface area contributed by atoms with Crippen LogP contribution in [0.2, 0.25) is 0 Å². The standard InChI is InChI=1S/C19H18F3N5O3S/c1-11-8-16(26-30-11)25-18(29)12(2)31-10-17(28)24-15-5-4-13(27-7-3-6-23-27)9-14(15)19(20,21)22/h3-9,12H,10H2,1-2H3,(H,24,28)(H,25,26,29). The summed E-state index contributed by atoms with van der Waals surface area (Å²) in [6.45, 7) is 3.24. The molecule has 1 aromatic carbocycles. The summed E-state index contributed by atoms with van der Waals surface area (Å²) in [5.74, 6) is -0.532. The molecule has 2 heterocycles. The number of benzene rings is 1. The molecule has 0 saturated heterocycles. The molecule has 0 aliphatic rings. The minimum Gasteiger partial charge on any atom is -0.360 e. The van der Waals surface area contributed by atoms with E-state index in [1.54, 1.807) is 19.9 Å². The molecule has 31 heavy (non-hydrogen) atoms. The Labute approximate surface area is 179 Å². The normalized spacial score (nSPS) is 12.4. The number of amides is 2. The Hall–Kier alpha value is -3.28. The van der Waals surface area contributed by atoms with Gasteiger partial charge in [-0.2, -0.15) is 18.3 Å². The lowest BCUT2D eigenvalue weighted by Gasteiger charge is -2.16. The maximum Gasteiger partial charge on any atom is 0.418 e. The van der Waals surface area contributed by atoms with Crippen molar-refractivity contribution in [3.05, 3.63) is 54.0 Å². The van der Waals surface area contributed by atoms with Gasteiger partial charge in [0, 0.05) is 18.5 Å². The summed E-state index contributed by atoms with van der Waals surface area (Å²) < 4.78 is 46.6. The minimum atomic E-state index is -4.68. The number of hydrogen-bond acceptors (Lipinski definition) is 6. The third-order valence-corrected chi connectivity index (χ3v) is 5.21. The lowest BCUT2D eigenvalue weighted by atomic mass is 10.1. The zero-order chi connectivity index (χ0) is 22.6. The lowest BCUT2D eigenvalue weighted by Crippen LogP contribution is -2.25.